The minimum absolute atomic E-state index is 0.574. The third-order valence-corrected chi connectivity index (χ3v) is 2.42. The number of hydrogen-bond acceptors (Lipinski definition) is 2. The molecule has 0 saturated heterocycles. The van der Waals surface area contributed by atoms with Gasteiger partial charge in [0.15, 0.2) is 6.19 Å². The average molecular weight is 204 g/mol. The summed E-state index contributed by atoms with van der Waals surface area (Å²) < 4.78 is 0. The summed E-state index contributed by atoms with van der Waals surface area (Å²) in [5, 5.41) is 10.9. The van der Waals surface area contributed by atoms with Crippen LogP contribution < -0.4 is 5.32 Å². The van der Waals surface area contributed by atoms with Gasteiger partial charge in [0.05, 0.1) is 4.99 Å². The molecule has 0 bridgehead atoms. The van der Waals surface area contributed by atoms with Gasteiger partial charge in [-0.05, 0) is 30.5 Å². The Balaban J connectivity index is 2.87. The van der Waals surface area contributed by atoms with E-state index in [1.807, 2.05) is 12.3 Å². The summed E-state index contributed by atoms with van der Waals surface area (Å²) in [5.74, 6) is 0. The molecule has 0 heterocycles. The number of rotatable bonds is 2. The van der Waals surface area contributed by atoms with E-state index in [9.17, 15) is 0 Å². The maximum atomic E-state index is 8.40. The van der Waals surface area contributed by atoms with E-state index in [1.165, 1.54) is 16.7 Å². The molecule has 0 unspecified atom stereocenters. The first-order valence-electron chi connectivity index (χ1n) is 4.38. The lowest BCUT2D eigenvalue weighted by Gasteiger charge is -2.08. The monoisotopic (exact) mass is 204 g/mol. The first kappa shape index (κ1) is 10.7. The Morgan fingerprint density at radius 1 is 1.43 bits per heavy atom. The highest BCUT2D eigenvalue weighted by molar-refractivity contribution is 7.80. The Morgan fingerprint density at radius 3 is 2.50 bits per heavy atom. The van der Waals surface area contributed by atoms with Gasteiger partial charge in [-0.1, -0.05) is 30.4 Å². The Bertz CT molecular complexity index is 371. The van der Waals surface area contributed by atoms with Crippen LogP contribution in [0, 0.1) is 25.3 Å². The topological polar surface area (TPSA) is 35.8 Å². The molecule has 0 atom stereocenters. The number of benzene rings is 1. The zero-order valence-electron chi connectivity index (χ0n) is 8.29. The number of thiocarbonyl (C=S) groups is 1. The Morgan fingerprint density at radius 2 is 2.00 bits per heavy atom. The number of nitrogens with one attached hydrogen (secondary N) is 1. The van der Waals surface area contributed by atoms with Gasteiger partial charge in [0.25, 0.3) is 0 Å². The van der Waals surface area contributed by atoms with Crippen LogP contribution >= 0.6 is 12.2 Å². The van der Waals surface area contributed by atoms with Crippen molar-refractivity contribution in [2.45, 2.75) is 20.3 Å². The van der Waals surface area contributed by atoms with E-state index in [0.29, 0.717) is 11.4 Å². The van der Waals surface area contributed by atoms with Crippen molar-refractivity contribution < 1.29 is 0 Å². The minimum atomic E-state index is 0.574. The van der Waals surface area contributed by atoms with Crippen LogP contribution in [0.2, 0.25) is 0 Å². The molecule has 0 spiro atoms. The van der Waals surface area contributed by atoms with Crippen LogP contribution in [0.4, 0.5) is 0 Å². The highest BCUT2D eigenvalue weighted by Crippen LogP contribution is 2.13. The van der Waals surface area contributed by atoms with Gasteiger partial charge < -0.3 is 0 Å². The summed E-state index contributed by atoms with van der Waals surface area (Å²) in [7, 11) is 0. The van der Waals surface area contributed by atoms with Crippen molar-refractivity contribution in [2.24, 2.45) is 0 Å². The SMILES string of the molecule is Cc1cccc(C)c1CC(=S)NC#N. The van der Waals surface area contributed by atoms with E-state index < -0.39 is 0 Å². The van der Waals surface area contributed by atoms with Crippen LogP contribution in [-0.4, -0.2) is 4.99 Å². The van der Waals surface area contributed by atoms with Gasteiger partial charge in [-0.15, -0.1) is 0 Å². The van der Waals surface area contributed by atoms with Crippen molar-refractivity contribution in [1.82, 2.24) is 5.32 Å². The molecule has 1 aromatic carbocycles. The van der Waals surface area contributed by atoms with Gasteiger partial charge in [0.2, 0.25) is 0 Å². The van der Waals surface area contributed by atoms with E-state index >= 15 is 0 Å². The normalized spacial score (nSPS) is 9.21. The zero-order chi connectivity index (χ0) is 10.6. The van der Waals surface area contributed by atoms with E-state index in [2.05, 4.69) is 31.3 Å². The van der Waals surface area contributed by atoms with Crippen LogP contribution in [0.15, 0.2) is 18.2 Å². The van der Waals surface area contributed by atoms with Crippen molar-refractivity contribution in [2.75, 3.05) is 0 Å². The number of hydrogen-bond donors (Lipinski definition) is 1. The Kier molecular flexibility index (Phi) is 3.61. The third-order valence-electron chi connectivity index (χ3n) is 2.18. The van der Waals surface area contributed by atoms with Crippen LogP contribution in [0.25, 0.3) is 0 Å². The molecule has 72 valence electrons. The average Bonchev–Trinajstić information content (AvgIpc) is 2.12. The van der Waals surface area contributed by atoms with E-state index in [4.69, 9.17) is 17.5 Å². The van der Waals surface area contributed by atoms with Gasteiger partial charge in [-0.2, -0.15) is 5.26 Å². The predicted octanol–water partition coefficient (Wildman–Crippen LogP) is 2.24. The number of aryl methyl sites for hydroxylation is 2. The third kappa shape index (κ3) is 2.54. The van der Waals surface area contributed by atoms with Crippen LogP contribution in [0.5, 0.6) is 0 Å². The van der Waals surface area contributed by atoms with Crippen LogP contribution in [0.1, 0.15) is 16.7 Å². The predicted molar refractivity (Wildman–Crippen MR) is 61.0 cm³/mol. The maximum Gasteiger partial charge on any atom is 0.181 e. The minimum Gasteiger partial charge on any atom is -0.286 e. The highest BCUT2D eigenvalue weighted by atomic mass is 32.1. The molecule has 1 N–H and O–H groups in total. The fourth-order valence-electron chi connectivity index (χ4n) is 1.39. The molecule has 0 radical (unpaired) electrons. The molecule has 1 aromatic rings. The molecule has 3 heteroatoms. The second-order valence-electron chi connectivity index (χ2n) is 3.21. The molecule has 0 aliphatic heterocycles. The summed E-state index contributed by atoms with van der Waals surface area (Å²) >= 11 is 5.02. The fraction of sp³-hybridized carbons (Fsp3) is 0.273. The van der Waals surface area contributed by atoms with Gasteiger partial charge in [-0.25, -0.2) is 0 Å². The fourth-order valence-corrected chi connectivity index (χ4v) is 1.58. The smallest absolute Gasteiger partial charge is 0.181 e. The molecule has 0 aliphatic carbocycles. The standard InChI is InChI=1S/C11H12N2S/c1-8-4-3-5-9(2)10(8)6-11(14)13-7-12/h3-5H,6H2,1-2H3,(H,13,14). The summed E-state index contributed by atoms with van der Waals surface area (Å²) in [6.45, 7) is 4.11. The highest BCUT2D eigenvalue weighted by Gasteiger charge is 2.04. The number of nitrogens with zero attached hydrogens (tertiary/aromatic N) is 1. The summed E-state index contributed by atoms with van der Waals surface area (Å²) in [4.78, 5) is 0.574. The van der Waals surface area contributed by atoms with Gasteiger partial charge >= 0.3 is 0 Å². The molecule has 0 saturated carbocycles. The molecule has 0 amide bonds. The van der Waals surface area contributed by atoms with Crippen molar-refractivity contribution >= 4 is 17.2 Å². The van der Waals surface area contributed by atoms with Gasteiger partial charge in [0, 0.05) is 6.42 Å². The molecule has 0 aliphatic rings. The first-order valence-corrected chi connectivity index (χ1v) is 4.79. The summed E-state index contributed by atoms with van der Waals surface area (Å²) in [6, 6.07) is 6.13. The number of nitriles is 1. The molecule has 1 rings (SSSR count). The first-order chi connectivity index (χ1) is 6.65. The van der Waals surface area contributed by atoms with Crippen molar-refractivity contribution in [3.63, 3.8) is 0 Å². The van der Waals surface area contributed by atoms with Crippen molar-refractivity contribution in [3.05, 3.63) is 34.9 Å². The van der Waals surface area contributed by atoms with Gasteiger partial charge in [-0.3, -0.25) is 5.32 Å². The molecule has 0 fully saturated rings. The lowest BCUT2D eigenvalue weighted by atomic mass is 10.0. The molecule has 2 nitrogen and oxygen atoms in total. The molecular weight excluding hydrogens is 192 g/mol. The van der Waals surface area contributed by atoms with Crippen molar-refractivity contribution in [3.8, 4) is 6.19 Å². The molecule has 14 heavy (non-hydrogen) atoms. The van der Waals surface area contributed by atoms with Crippen molar-refractivity contribution in [1.29, 1.82) is 5.26 Å². The van der Waals surface area contributed by atoms with Crippen LogP contribution in [-0.2, 0) is 6.42 Å². The maximum absolute atomic E-state index is 8.40. The second-order valence-corrected chi connectivity index (χ2v) is 3.70. The quantitative estimate of drug-likeness (QED) is 0.456. The van der Waals surface area contributed by atoms with E-state index in [1.54, 1.807) is 0 Å². The lowest BCUT2D eigenvalue weighted by Crippen LogP contribution is -2.18. The lowest BCUT2D eigenvalue weighted by molar-refractivity contribution is 1.16. The molecule has 0 aromatic heterocycles. The summed E-state index contributed by atoms with van der Waals surface area (Å²) in [5.41, 5.74) is 3.64. The van der Waals surface area contributed by atoms with E-state index in [-0.39, 0.29) is 0 Å². The zero-order valence-corrected chi connectivity index (χ0v) is 9.11. The summed E-state index contributed by atoms with van der Waals surface area (Å²) in [6.07, 6.45) is 2.48. The van der Waals surface area contributed by atoms with Gasteiger partial charge in [0.1, 0.15) is 0 Å². The van der Waals surface area contributed by atoms with E-state index in [0.717, 1.165) is 0 Å². The Labute approximate surface area is 89.6 Å². The van der Waals surface area contributed by atoms with Crippen LogP contribution in [0.3, 0.4) is 0 Å². The second kappa shape index (κ2) is 4.73. The largest absolute Gasteiger partial charge is 0.286 e. The Hall–Kier alpha value is -1.40. The molecular formula is C11H12N2S.